The summed E-state index contributed by atoms with van der Waals surface area (Å²) in [6, 6.07) is 12.5. The third-order valence-electron chi connectivity index (χ3n) is 2.99. The highest BCUT2D eigenvalue weighted by Crippen LogP contribution is 2.24. The molecule has 0 heterocycles. The number of aromatic hydroxyl groups is 1. The van der Waals surface area contributed by atoms with Gasteiger partial charge in [-0.1, -0.05) is 29.8 Å². The van der Waals surface area contributed by atoms with Gasteiger partial charge >= 0.3 is 0 Å². The molecule has 0 unspecified atom stereocenters. The van der Waals surface area contributed by atoms with Crippen LogP contribution in [0.15, 0.2) is 42.5 Å². The molecule has 0 bridgehead atoms. The summed E-state index contributed by atoms with van der Waals surface area (Å²) in [6.07, 6.45) is 0.278. The average Bonchev–Trinajstić information content (AvgIpc) is 2.41. The minimum Gasteiger partial charge on any atom is -0.507 e. The molecule has 2 aromatic carbocycles. The molecular formula is C16H16O3. The molecule has 0 aromatic heterocycles. The van der Waals surface area contributed by atoms with Crippen LogP contribution < -0.4 is 4.74 Å². The topological polar surface area (TPSA) is 46.5 Å². The number of ketones is 1. The van der Waals surface area contributed by atoms with Gasteiger partial charge in [-0.2, -0.15) is 0 Å². The van der Waals surface area contributed by atoms with Gasteiger partial charge in [0.1, 0.15) is 11.5 Å². The van der Waals surface area contributed by atoms with Crippen LogP contribution in [0.25, 0.3) is 0 Å². The number of hydrogen-bond donors (Lipinski definition) is 1. The van der Waals surface area contributed by atoms with Crippen LogP contribution in [0.5, 0.6) is 11.5 Å². The predicted molar refractivity (Wildman–Crippen MR) is 73.9 cm³/mol. The number of methoxy groups -OCH3 is 1. The van der Waals surface area contributed by atoms with Gasteiger partial charge in [-0.3, -0.25) is 4.79 Å². The largest absolute Gasteiger partial charge is 0.507 e. The van der Waals surface area contributed by atoms with Gasteiger partial charge in [0.25, 0.3) is 0 Å². The molecule has 0 aliphatic rings. The van der Waals surface area contributed by atoms with Gasteiger partial charge in [0.15, 0.2) is 5.78 Å². The fourth-order valence-electron chi connectivity index (χ4n) is 1.86. The van der Waals surface area contributed by atoms with Crippen LogP contribution in [-0.2, 0) is 6.42 Å². The lowest BCUT2D eigenvalue weighted by Crippen LogP contribution is -2.04. The highest BCUT2D eigenvalue weighted by Gasteiger charge is 2.12. The van der Waals surface area contributed by atoms with Crippen molar-refractivity contribution in [3.63, 3.8) is 0 Å². The zero-order valence-electron chi connectivity index (χ0n) is 11.0. The van der Waals surface area contributed by atoms with E-state index < -0.39 is 0 Å². The number of aryl methyl sites for hydroxylation is 1. The zero-order valence-corrected chi connectivity index (χ0v) is 11.0. The Morgan fingerprint density at radius 2 is 1.84 bits per heavy atom. The van der Waals surface area contributed by atoms with E-state index in [1.807, 2.05) is 31.2 Å². The lowest BCUT2D eigenvalue weighted by Gasteiger charge is -2.06. The van der Waals surface area contributed by atoms with E-state index in [4.69, 9.17) is 4.74 Å². The van der Waals surface area contributed by atoms with Crippen molar-refractivity contribution in [2.75, 3.05) is 7.11 Å². The number of Topliss-reactive ketones (excluding diaryl/α,β-unsaturated/α-hetero) is 1. The summed E-state index contributed by atoms with van der Waals surface area (Å²) in [5.74, 6) is 0.379. The van der Waals surface area contributed by atoms with E-state index >= 15 is 0 Å². The monoisotopic (exact) mass is 256 g/mol. The average molecular weight is 256 g/mol. The molecule has 0 fully saturated rings. The quantitative estimate of drug-likeness (QED) is 0.855. The number of carbonyl (C=O) groups is 1. The maximum Gasteiger partial charge on any atom is 0.170 e. The van der Waals surface area contributed by atoms with Crippen LogP contribution in [0.4, 0.5) is 0 Å². The van der Waals surface area contributed by atoms with Crippen molar-refractivity contribution < 1.29 is 14.6 Å². The van der Waals surface area contributed by atoms with E-state index in [2.05, 4.69) is 0 Å². The molecule has 0 amide bonds. The number of phenolic OH excluding ortho intramolecular Hbond substituents is 1. The molecule has 0 aliphatic heterocycles. The Hall–Kier alpha value is -2.29. The van der Waals surface area contributed by atoms with Crippen molar-refractivity contribution in [1.29, 1.82) is 0 Å². The molecule has 3 heteroatoms. The molecule has 2 aromatic rings. The van der Waals surface area contributed by atoms with E-state index in [1.54, 1.807) is 12.1 Å². The second kappa shape index (κ2) is 5.57. The molecule has 2 rings (SSSR count). The Kier molecular flexibility index (Phi) is 3.85. The molecule has 0 atom stereocenters. The highest BCUT2D eigenvalue weighted by atomic mass is 16.5. The standard InChI is InChI=1S/C16H16O3/c1-11-3-5-12(6-4-11)9-15(17)14-8-7-13(19-2)10-16(14)18/h3-8,10,18H,9H2,1-2H3. The van der Waals surface area contributed by atoms with Gasteiger partial charge < -0.3 is 9.84 Å². The van der Waals surface area contributed by atoms with Gasteiger partial charge in [0, 0.05) is 12.5 Å². The first-order valence-electron chi connectivity index (χ1n) is 6.06. The van der Waals surface area contributed by atoms with Crippen LogP contribution in [0.2, 0.25) is 0 Å². The summed E-state index contributed by atoms with van der Waals surface area (Å²) in [6.45, 7) is 2.00. The third kappa shape index (κ3) is 3.13. The molecule has 0 aliphatic carbocycles. The number of rotatable bonds is 4. The lowest BCUT2D eigenvalue weighted by atomic mass is 10.0. The van der Waals surface area contributed by atoms with Gasteiger partial charge in [-0.15, -0.1) is 0 Å². The number of ether oxygens (including phenoxy) is 1. The summed E-state index contributed by atoms with van der Waals surface area (Å²) in [5.41, 5.74) is 2.41. The molecule has 1 N–H and O–H groups in total. The summed E-state index contributed by atoms with van der Waals surface area (Å²) in [5, 5.41) is 9.81. The number of phenols is 1. The van der Waals surface area contributed by atoms with Crippen molar-refractivity contribution in [3.05, 3.63) is 59.2 Å². The van der Waals surface area contributed by atoms with E-state index in [0.717, 1.165) is 11.1 Å². The third-order valence-corrected chi connectivity index (χ3v) is 2.99. The molecular weight excluding hydrogens is 240 g/mol. The van der Waals surface area contributed by atoms with Gasteiger partial charge in [0.2, 0.25) is 0 Å². The highest BCUT2D eigenvalue weighted by molar-refractivity contribution is 6.00. The maximum absolute atomic E-state index is 12.1. The van der Waals surface area contributed by atoms with Crippen molar-refractivity contribution in [2.24, 2.45) is 0 Å². The Morgan fingerprint density at radius 1 is 1.16 bits per heavy atom. The molecule has 0 spiro atoms. The smallest absolute Gasteiger partial charge is 0.170 e. The minimum atomic E-state index is -0.107. The SMILES string of the molecule is COc1ccc(C(=O)Cc2ccc(C)cc2)c(O)c1. The van der Waals surface area contributed by atoms with E-state index in [0.29, 0.717) is 11.3 Å². The van der Waals surface area contributed by atoms with Crippen LogP contribution in [0.3, 0.4) is 0 Å². The molecule has 0 saturated carbocycles. The fraction of sp³-hybridized carbons (Fsp3) is 0.188. The van der Waals surface area contributed by atoms with Crippen molar-refractivity contribution in [1.82, 2.24) is 0 Å². The summed E-state index contributed by atoms with van der Waals surface area (Å²) >= 11 is 0. The number of hydrogen-bond acceptors (Lipinski definition) is 3. The van der Waals surface area contributed by atoms with Gasteiger partial charge in [-0.25, -0.2) is 0 Å². The van der Waals surface area contributed by atoms with Crippen molar-refractivity contribution in [3.8, 4) is 11.5 Å². The molecule has 0 radical (unpaired) electrons. The van der Waals surface area contributed by atoms with Crippen LogP contribution in [0, 0.1) is 6.92 Å². The Bertz CT molecular complexity index is 585. The van der Waals surface area contributed by atoms with E-state index in [1.165, 1.54) is 13.2 Å². The summed E-state index contributed by atoms with van der Waals surface area (Å²) < 4.78 is 4.99. The van der Waals surface area contributed by atoms with E-state index in [-0.39, 0.29) is 18.0 Å². The normalized spacial score (nSPS) is 10.2. The molecule has 98 valence electrons. The van der Waals surface area contributed by atoms with Crippen molar-refractivity contribution in [2.45, 2.75) is 13.3 Å². The van der Waals surface area contributed by atoms with Crippen LogP contribution in [-0.4, -0.2) is 18.0 Å². The van der Waals surface area contributed by atoms with Crippen LogP contribution in [0.1, 0.15) is 21.5 Å². The van der Waals surface area contributed by atoms with Gasteiger partial charge in [0.05, 0.1) is 12.7 Å². The first-order chi connectivity index (χ1) is 9.10. The minimum absolute atomic E-state index is 0.0449. The van der Waals surface area contributed by atoms with Crippen LogP contribution >= 0.6 is 0 Å². The maximum atomic E-state index is 12.1. The Balaban J connectivity index is 2.18. The second-order valence-corrected chi connectivity index (χ2v) is 4.47. The Labute approximate surface area is 112 Å². The van der Waals surface area contributed by atoms with Gasteiger partial charge in [-0.05, 0) is 24.6 Å². The summed E-state index contributed by atoms with van der Waals surface area (Å²) in [4.78, 5) is 12.1. The molecule has 19 heavy (non-hydrogen) atoms. The Morgan fingerprint density at radius 3 is 2.42 bits per heavy atom. The lowest BCUT2D eigenvalue weighted by molar-refractivity contribution is 0.0990. The number of benzene rings is 2. The fourth-order valence-corrected chi connectivity index (χ4v) is 1.86. The first-order valence-corrected chi connectivity index (χ1v) is 6.06. The number of carbonyl (C=O) groups excluding carboxylic acids is 1. The predicted octanol–water partition coefficient (Wildman–Crippen LogP) is 3.13. The van der Waals surface area contributed by atoms with Crippen molar-refractivity contribution >= 4 is 5.78 Å². The zero-order chi connectivity index (χ0) is 13.8. The summed E-state index contributed by atoms with van der Waals surface area (Å²) in [7, 11) is 1.52. The molecule has 0 saturated heterocycles. The van der Waals surface area contributed by atoms with E-state index in [9.17, 15) is 9.90 Å². The first kappa shape index (κ1) is 13.1. The second-order valence-electron chi connectivity index (χ2n) is 4.47. The molecule has 3 nitrogen and oxygen atoms in total.